The van der Waals surface area contributed by atoms with Gasteiger partial charge >= 0.3 is 6.09 Å². The molecule has 0 aliphatic carbocycles. The summed E-state index contributed by atoms with van der Waals surface area (Å²) in [6.07, 6.45) is 5.38. The molecule has 232 valence electrons. The number of carbonyl (C=O) groups excluding carboxylic acids is 2. The molecule has 0 saturated carbocycles. The number of hydrogen-bond donors (Lipinski definition) is 2. The Morgan fingerprint density at radius 1 is 1.14 bits per heavy atom. The number of aryl methyl sites for hydroxylation is 2. The molecule has 1 saturated heterocycles. The molecule has 2 N–H and O–H groups in total. The molecular weight excluding hydrogens is 606 g/mol. The third-order valence-electron chi connectivity index (χ3n) is 7.05. The van der Waals surface area contributed by atoms with E-state index in [-0.39, 0.29) is 23.2 Å². The first-order chi connectivity index (χ1) is 20.9. The smallest absolute Gasteiger partial charge is 0.410 e. The molecule has 14 heteroatoms. The van der Waals surface area contributed by atoms with Crippen LogP contribution in [-0.2, 0) is 10.2 Å². The number of anilines is 2. The molecule has 2 amide bonds. The van der Waals surface area contributed by atoms with E-state index in [1.807, 2.05) is 45.9 Å². The number of nitrogens with one attached hydrogen (secondary N) is 2. The van der Waals surface area contributed by atoms with Gasteiger partial charge in [-0.3, -0.25) is 4.79 Å². The van der Waals surface area contributed by atoms with Crippen molar-refractivity contribution < 1.29 is 23.2 Å². The summed E-state index contributed by atoms with van der Waals surface area (Å²) in [6.45, 7) is 10.2. The van der Waals surface area contributed by atoms with Crippen molar-refractivity contribution in [3.63, 3.8) is 0 Å². The summed E-state index contributed by atoms with van der Waals surface area (Å²) in [5.74, 6) is -0.0612. The van der Waals surface area contributed by atoms with Gasteiger partial charge in [-0.25, -0.2) is 24.1 Å². The van der Waals surface area contributed by atoms with Crippen molar-refractivity contribution >= 4 is 46.0 Å². The van der Waals surface area contributed by atoms with Crippen LogP contribution in [-0.4, -0.2) is 62.2 Å². The number of pyridine rings is 2. The maximum absolute atomic E-state index is 15.6. The maximum atomic E-state index is 15.6. The first-order valence-electron chi connectivity index (χ1n) is 14.1. The van der Waals surface area contributed by atoms with Crippen LogP contribution in [0.25, 0.3) is 0 Å². The van der Waals surface area contributed by atoms with Gasteiger partial charge in [0.2, 0.25) is 0 Å². The first-order valence-corrected chi connectivity index (χ1v) is 15.7. The van der Waals surface area contributed by atoms with Gasteiger partial charge in [0, 0.05) is 43.5 Å². The maximum Gasteiger partial charge on any atom is 0.410 e. The molecule has 1 fully saturated rings. The minimum atomic E-state index is -0.718. The van der Waals surface area contributed by atoms with E-state index in [4.69, 9.17) is 9.26 Å². The van der Waals surface area contributed by atoms with Gasteiger partial charge in [-0.2, -0.15) is 0 Å². The number of thiazole rings is 1. The standard InChI is InChI=1S/C30H34FN7O4S2/c1-18-6-10-32-22(14-18)36-27-34-16-23(44-27)43-20-7-11-33-25(24(20)31)26(39)35-17-30(21-15-19(2)42-37-21)8-12-38(13-9-30)28(40)41-29(3,4)5/h6-7,10-11,14-16H,8-9,12-13,17H2,1-5H3,(H,35,39)(H,32,34,36). The highest BCUT2D eigenvalue weighted by molar-refractivity contribution is 8.01. The summed E-state index contributed by atoms with van der Waals surface area (Å²) in [5, 5.41) is 10.9. The minimum absolute atomic E-state index is 0.162. The highest BCUT2D eigenvalue weighted by atomic mass is 32.2. The normalized spacial score (nSPS) is 14.7. The SMILES string of the molecule is Cc1ccnc(Nc2ncc(Sc3ccnc(C(=O)NCC4(c5cc(C)on5)CCN(C(=O)OC(C)(C)C)CC4)c3F)s2)c1. The Morgan fingerprint density at radius 2 is 1.89 bits per heavy atom. The number of carbonyl (C=O) groups is 2. The second kappa shape index (κ2) is 12.9. The first kappa shape index (κ1) is 31.4. The molecule has 5 heterocycles. The van der Waals surface area contributed by atoms with Crippen LogP contribution in [0, 0.1) is 19.7 Å². The van der Waals surface area contributed by atoms with Crippen molar-refractivity contribution in [2.45, 2.75) is 67.6 Å². The fourth-order valence-electron chi connectivity index (χ4n) is 4.77. The molecule has 0 radical (unpaired) electrons. The van der Waals surface area contributed by atoms with Gasteiger partial charge in [-0.05, 0) is 71.2 Å². The number of ether oxygens (including phenoxy) is 1. The zero-order valence-corrected chi connectivity index (χ0v) is 26.8. The molecule has 0 unspecified atom stereocenters. The average Bonchev–Trinajstić information content (AvgIpc) is 3.61. The lowest BCUT2D eigenvalue weighted by Crippen LogP contribution is -2.51. The Morgan fingerprint density at radius 3 is 2.57 bits per heavy atom. The summed E-state index contributed by atoms with van der Waals surface area (Å²) in [6, 6.07) is 7.16. The van der Waals surface area contributed by atoms with Gasteiger partial charge in [-0.15, -0.1) is 0 Å². The number of amides is 2. The third-order valence-corrected chi connectivity index (χ3v) is 9.09. The van der Waals surface area contributed by atoms with Crippen LogP contribution in [0.15, 0.2) is 56.5 Å². The number of nitrogens with zero attached hydrogens (tertiary/aromatic N) is 5. The largest absolute Gasteiger partial charge is 0.444 e. The summed E-state index contributed by atoms with van der Waals surface area (Å²) in [7, 11) is 0. The topological polar surface area (TPSA) is 135 Å². The van der Waals surface area contributed by atoms with Crippen molar-refractivity contribution in [1.82, 2.24) is 30.3 Å². The van der Waals surface area contributed by atoms with Gasteiger partial charge in [0.05, 0.1) is 21.0 Å². The molecule has 0 atom stereocenters. The van der Waals surface area contributed by atoms with Crippen LogP contribution < -0.4 is 10.6 Å². The Labute approximate surface area is 263 Å². The van der Waals surface area contributed by atoms with E-state index in [9.17, 15) is 9.59 Å². The number of rotatable bonds is 8. The zero-order valence-electron chi connectivity index (χ0n) is 25.1. The molecule has 11 nitrogen and oxygen atoms in total. The fraction of sp³-hybridized carbons (Fsp3) is 0.400. The van der Waals surface area contributed by atoms with Crippen molar-refractivity contribution in [2.75, 3.05) is 25.0 Å². The predicted molar refractivity (Wildman–Crippen MR) is 165 cm³/mol. The van der Waals surface area contributed by atoms with Crippen LogP contribution >= 0.6 is 23.1 Å². The van der Waals surface area contributed by atoms with Gasteiger partial charge in [-0.1, -0.05) is 28.3 Å². The highest BCUT2D eigenvalue weighted by Crippen LogP contribution is 2.37. The van der Waals surface area contributed by atoms with Crippen LogP contribution in [0.2, 0.25) is 0 Å². The van der Waals surface area contributed by atoms with Crippen molar-refractivity contribution in [3.8, 4) is 0 Å². The quantitative estimate of drug-likeness (QED) is 0.227. The van der Waals surface area contributed by atoms with Crippen LogP contribution in [0.4, 0.5) is 20.1 Å². The van der Waals surface area contributed by atoms with Crippen LogP contribution in [0.3, 0.4) is 0 Å². The highest BCUT2D eigenvalue weighted by Gasteiger charge is 2.41. The fourth-order valence-corrected chi connectivity index (χ4v) is 6.63. The van der Waals surface area contributed by atoms with E-state index in [2.05, 4.69) is 30.7 Å². The minimum Gasteiger partial charge on any atom is -0.444 e. The Bertz CT molecular complexity index is 1640. The number of piperidine rings is 1. The molecule has 4 aromatic heterocycles. The molecule has 0 spiro atoms. The van der Waals surface area contributed by atoms with E-state index < -0.39 is 22.7 Å². The Balaban J connectivity index is 1.26. The summed E-state index contributed by atoms with van der Waals surface area (Å²) < 4.78 is 27.2. The van der Waals surface area contributed by atoms with E-state index >= 15 is 4.39 Å². The second-order valence-electron chi connectivity index (χ2n) is 11.7. The molecular formula is C30H34FN7O4S2. The lowest BCUT2D eigenvalue weighted by molar-refractivity contribution is 0.0158. The van der Waals surface area contributed by atoms with E-state index in [0.717, 1.165) is 21.5 Å². The molecule has 4 aromatic rings. The molecule has 1 aliphatic rings. The number of likely N-dealkylation sites (tertiary alicyclic amines) is 1. The lowest BCUT2D eigenvalue weighted by Gasteiger charge is -2.40. The molecule has 1 aliphatic heterocycles. The van der Waals surface area contributed by atoms with Gasteiger partial charge in [0.1, 0.15) is 17.2 Å². The zero-order chi connectivity index (χ0) is 31.5. The van der Waals surface area contributed by atoms with Crippen LogP contribution in [0.1, 0.15) is 61.1 Å². The van der Waals surface area contributed by atoms with E-state index in [1.165, 1.54) is 23.6 Å². The van der Waals surface area contributed by atoms with Crippen molar-refractivity contribution in [3.05, 3.63) is 71.4 Å². The number of hydrogen-bond acceptors (Lipinski definition) is 11. The monoisotopic (exact) mass is 639 g/mol. The molecule has 44 heavy (non-hydrogen) atoms. The molecule has 5 rings (SSSR count). The molecule has 0 aromatic carbocycles. The summed E-state index contributed by atoms with van der Waals surface area (Å²) in [5.41, 5.74) is 0.205. The second-order valence-corrected chi connectivity index (χ2v) is 14.0. The Kier molecular flexibility index (Phi) is 9.20. The molecule has 0 bridgehead atoms. The van der Waals surface area contributed by atoms with Crippen molar-refractivity contribution in [1.29, 1.82) is 0 Å². The van der Waals surface area contributed by atoms with Gasteiger partial charge < -0.3 is 24.8 Å². The predicted octanol–water partition coefficient (Wildman–Crippen LogP) is 6.27. The average molecular weight is 640 g/mol. The number of halogens is 1. The van der Waals surface area contributed by atoms with E-state index in [0.29, 0.717) is 48.3 Å². The Hall–Kier alpha value is -4.04. The van der Waals surface area contributed by atoms with Gasteiger partial charge in [0.25, 0.3) is 5.91 Å². The third kappa shape index (κ3) is 7.53. The number of aromatic nitrogens is 4. The van der Waals surface area contributed by atoms with Crippen LogP contribution in [0.5, 0.6) is 0 Å². The van der Waals surface area contributed by atoms with Crippen molar-refractivity contribution in [2.24, 2.45) is 0 Å². The van der Waals surface area contributed by atoms with E-state index in [1.54, 1.807) is 24.2 Å². The summed E-state index contributed by atoms with van der Waals surface area (Å²) in [4.78, 5) is 40.5. The lowest BCUT2D eigenvalue weighted by atomic mass is 9.75. The summed E-state index contributed by atoms with van der Waals surface area (Å²) >= 11 is 2.51. The van der Waals surface area contributed by atoms with Gasteiger partial charge in [0.15, 0.2) is 16.6 Å².